The second kappa shape index (κ2) is 7.75. The average molecular weight is 425 g/mol. The molecule has 4 rings (SSSR count). The van der Waals surface area contributed by atoms with E-state index in [0.29, 0.717) is 6.42 Å². The first-order chi connectivity index (χ1) is 14.4. The monoisotopic (exact) mass is 425 g/mol. The molecule has 0 aliphatic carbocycles. The molecule has 0 saturated heterocycles. The third-order valence-corrected chi connectivity index (χ3v) is 6.29. The molecule has 3 aromatic rings. The Hall–Kier alpha value is -3.46. The van der Waals surface area contributed by atoms with Crippen LogP contribution in [0.3, 0.4) is 0 Å². The van der Waals surface area contributed by atoms with Crippen molar-refractivity contribution in [2.24, 2.45) is 0 Å². The fourth-order valence-corrected chi connectivity index (χ4v) is 4.49. The molecule has 0 spiro atoms. The molecule has 9 heteroatoms. The number of aryl methyl sites for hydroxylation is 1. The van der Waals surface area contributed by atoms with Gasteiger partial charge in [-0.25, -0.2) is 8.42 Å². The topological polar surface area (TPSA) is 116 Å². The van der Waals surface area contributed by atoms with Crippen molar-refractivity contribution in [3.05, 3.63) is 71.4 Å². The maximum absolute atomic E-state index is 12.3. The van der Waals surface area contributed by atoms with Gasteiger partial charge in [-0.15, -0.1) is 0 Å². The summed E-state index contributed by atoms with van der Waals surface area (Å²) in [6.45, 7) is -0.322. The molecule has 1 aliphatic rings. The number of aromatic nitrogens is 1. The first-order valence-electron chi connectivity index (χ1n) is 9.39. The van der Waals surface area contributed by atoms with E-state index in [1.807, 2.05) is 29.0 Å². The second-order valence-corrected chi connectivity index (χ2v) is 8.85. The molecule has 1 aromatic heterocycles. The van der Waals surface area contributed by atoms with Gasteiger partial charge in [0, 0.05) is 30.1 Å². The Labute approximate surface area is 172 Å². The molecule has 0 unspecified atom stereocenters. The quantitative estimate of drug-likeness (QED) is 0.561. The van der Waals surface area contributed by atoms with E-state index in [9.17, 15) is 22.8 Å². The van der Waals surface area contributed by atoms with E-state index in [1.165, 1.54) is 12.1 Å². The zero-order valence-corrected chi connectivity index (χ0v) is 16.7. The van der Waals surface area contributed by atoms with Crippen molar-refractivity contribution in [3.63, 3.8) is 0 Å². The second-order valence-electron chi connectivity index (χ2n) is 7.01. The van der Waals surface area contributed by atoms with Gasteiger partial charge >= 0.3 is 0 Å². The molecular weight excluding hydrogens is 406 g/mol. The molecule has 3 amide bonds. The zero-order chi connectivity index (χ0) is 21.3. The van der Waals surface area contributed by atoms with Crippen molar-refractivity contribution in [1.29, 1.82) is 0 Å². The van der Waals surface area contributed by atoms with Crippen LogP contribution in [0.2, 0.25) is 0 Å². The molecule has 0 saturated carbocycles. The smallest absolute Gasteiger partial charge is 0.261 e. The highest BCUT2D eigenvalue weighted by Crippen LogP contribution is 2.22. The van der Waals surface area contributed by atoms with Gasteiger partial charge in [-0.05, 0) is 30.2 Å². The first kappa shape index (κ1) is 19.8. The van der Waals surface area contributed by atoms with Crippen LogP contribution >= 0.6 is 0 Å². The molecule has 0 bridgehead atoms. The maximum atomic E-state index is 12.3. The van der Waals surface area contributed by atoms with Gasteiger partial charge in [0.1, 0.15) is 0 Å². The average Bonchev–Trinajstić information content (AvgIpc) is 3.24. The van der Waals surface area contributed by atoms with Crippen molar-refractivity contribution in [2.75, 3.05) is 12.3 Å². The number of H-pyrrole nitrogens is 1. The number of rotatable bonds is 7. The lowest BCUT2D eigenvalue weighted by molar-refractivity contribution is -0.119. The number of para-hydroxylation sites is 1. The lowest BCUT2D eigenvalue weighted by Gasteiger charge is -2.14. The number of sulfonamides is 1. The van der Waals surface area contributed by atoms with Gasteiger partial charge in [0.25, 0.3) is 11.8 Å². The third-order valence-electron chi connectivity index (χ3n) is 5.03. The van der Waals surface area contributed by atoms with Crippen LogP contribution in [0.5, 0.6) is 0 Å². The third kappa shape index (κ3) is 3.84. The summed E-state index contributed by atoms with van der Waals surface area (Å²) in [4.78, 5) is 40.8. The van der Waals surface area contributed by atoms with Crippen molar-refractivity contribution in [1.82, 2.24) is 14.6 Å². The SMILES string of the molecule is O=C(CCc1c[nH]c2ccccc12)NS(=O)(=O)CCN1C(=O)c2ccccc2C1=O. The molecule has 0 atom stereocenters. The summed E-state index contributed by atoms with van der Waals surface area (Å²) in [5, 5.41) is 0.985. The van der Waals surface area contributed by atoms with Crippen molar-refractivity contribution >= 4 is 38.6 Å². The minimum absolute atomic E-state index is 0.00586. The lowest BCUT2D eigenvalue weighted by atomic mass is 10.1. The number of nitrogens with one attached hydrogen (secondary N) is 2. The zero-order valence-electron chi connectivity index (χ0n) is 15.9. The van der Waals surface area contributed by atoms with E-state index in [4.69, 9.17) is 0 Å². The highest BCUT2D eigenvalue weighted by molar-refractivity contribution is 7.90. The fourth-order valence-electron chi connectivity index (χ4n) is 3.52. The first-order valence-corrected chi connectivity index (χ1v) is 11.0. The van der Waals surface area contributed by atoms with E-state index < -0.39 is 33.5 Å². The predicted molar refractivity (Wildman–Crippen MR) is 110 cm³/mol. The van der Waals surface area contributed by atoms with Crippen molar-refractivity contribution in [2.45, 2.75) is 12.8 Å². The molecule has 0 fully saturated rings. The van der Waals surface area contributed by atoms with E-state index in [0.717, 1.165) is 21.4 Å². The maximum Gasteiger partial charge on any atom is 0.261 e. The lowest BCUT2D eigenvalue weighted by Crippen LogP contribution is -2.39. The number of carbonyl (C=O) groups excluding carboxylic acids is 3. The number of hydrogen-bond acceptors (Lipinski definition) is 5. The number of aromatic amines is 1. The number of benzene rings is 2. The molecule has 8 nitrogen and oxygen atoms in total. The van der Waals surface area contributed by atoms with Crippen LogP contribution in [-0.2, 0) is 21.2 Å². The van der Waals surface area contributed by atoms with Crippen LogP contribution in [0.4, 0.5) is 0 Å². The molecule has 2 heterocycles. The van der Waals surface area contributed by atoms with E-state index in [-0.39, 0.29) is 24.1 Å². The van der Waals surface area contributed by atoms with Gasteiger partial charge in [-0.1, -0.05) is 30.3 Å². The van der Waals surface area contributed by atoms with Crippen LogP contribution < -0.4 is 4.72 Å². The van der Waals surface area contributed by atoms with Crippen LogP contribution in [0, 0.1) is 0 Å². The minimum Gasteiger partial charge on any atom is -0.361 e. The van der Waals surface area contributed by atoms with Gasteiger partial charge < -0.3 is 4.98 Å². The highest BCUT2D eigenvalue weighted by Gasteiger charge is 2.35. The summed E-state index contributed by atoms with van der Waals surface area (Å²) in [6, 6.07) is 14.0. The van der Waals surface area contributed by atoms with Gasteiger partial charge in [0.15, 0.2) is 0 Å². The normalized spacial score (nSPS) is 13.7. The van der Waals surface area contributed by atoms with E-state index in [1.54, 1.807) is 18.3 Å². The van der Waals surface area contributed by atoms with Gasteiger partial charge in [0.2, 0.25) is 15.9 Å². The van der Waals surface area contributed by atoms with Crippen molar-refractivity contribution in [3.8, 4) is 0 Å². The molecule has 0 radical (unpaired) electrons. The fraction of sp³-hybridized carbons (Fsp3) is 0.190. The Morgan fingerprint density at radius 2 is 1.60 bits per heavy atom. The Morgan fingerprint density at radius 3 is 2.30 bits per heavy atom. The summed E-state index contributed by atoms with van der Waals surface area (Å²) in [7, 11) is -3.99. The highest BCUT2D eigenvalue weighted by atomic mass is 32.2. The standard InChI is InChI=1S/C21H19N3O5S/c25-19(10-9-14-13-22-18-8-4-3-5-15(14)18)23-30(28,29)12-11-24-20(26)16-6-1-2-7-17(16)21(24)27/h1-8,13,22H,9-12H2,(H,23,25). The van der Waals surface area contributed by atoms with Crippen LogP contribution in [-0.4, -0.2) is 48.3 Å². The molecule has 1 aliphatic heterocycles. The Kier molecular flexibility index (Phi) is 5.13. The molecule has 30 heavy (non-hydrogen) atoms. The van der Waals surface area contributed by atoms with Gasteiger partial charge in [-0.2, -0.15) is 0 Å². The molecule has 2 aromatic carbocycles. The Bertz CT molecular complexity index is 1230. The summed E-state index contributed by atoms with van der Waals surface area (Å²) >= 11 is 0. The summed E-state index contributed by atoms with van der Waals surface area (Å²) in [5.74, 6) is -2.24. The summed E-state index contributed by atoms with van der Waals surface area (Å²) < 4.78 is 26.6. The van der Waals surface area contributed by atoms with Gasteiger partial charge in [-0.3, -0.25) is 24.0 Å². The van der Waals surface area contributed by atoms with Crippen LogP contribution in [0.1, 0.15) is 32.7 Å². The molecular formula is C21H19N3O5S. The number of imide groups is 1. The number of nitrogens with zero attached hydrogens (tertiary/aromatic N) is 1. The largest absolute Gasteiger partial charge is 0.361 e. The number of amides is 3. The Morgan fingerprint density at radius 1 is 0.967 bits per heavy atom. The van der Waals surface area contributed by atoms with Crippen LogP contribution in [0.15, 0.2) is 54.7 Å². The summed E-state index contributed by atoms with van der Waals surface area (Å²) in [6.07, 6.45) is 2.17. The van der Waals surface area contributed by atoms with E-state index >= 15 is 0 Å². The van der Waals surface area contributed by atoms with Crippen molar-refractivity contribution < 1.29 is 22.8 Å². The summed E-state index contributed by atoms with van der Waals surface area (Å²) in [5.41, 5.74) is 2.37. The van der Waals surface area contributed by atoms with E-state index in [2.05, 4.69) is 4.98 Å². The van der Waals surface area contributed by atoms with Crippen LogP contribution in [0.25, 0.3) is 10.9 Å². The molecule has 2 N–H and O–H groups in total. The minimum atomic E-state index is -3.99. The Balaban J connectivity index is 1.33. The van der Waals surface area contributed by atoms with Gasteiger partial charge in [0.05, 0.1) is 16.9 Å². The number of fused-ring (bicyclic) bond motifs is 2. The number of carbonyl (C=O) groups is 3. The number of hydrogen-bond donors (Lipinski definition) is 2. The predicted octanol–water partition coefficient (Wildman–Crippen LogP) is 1.84. The molecule has 154 valence electrons.